The van der Waals surface area contributed by atoms with Crippen LogP contribution in [0.25, 0.3) is 10.9 Å². The summed E-state index contributed by atoms with van der Waals surface area (Å²) in [5.41, 5.74) is 0.636. The second-order valence-corrected chi connectivity index (χ2v) is 5.99. The molecule has 1 saturated carbocycles. The molecule has 20 heavy (non-hydrogen) atoms. The number of aliphatic carboxylic acids is 1. The molecule has 0 aliphatic heterocycles. The molecule has 1 aliphatic carbocycles. The first-order valence-corrected chi connectivity index (χ1v) is 7.10. The molecule has 1 aromatic carbocycles. The highest BCUT2D eigenvalue weighted by Gasteiger charge is 2.50. The molecule has 2 aromatic rings. The predicted molar refractivity (Wildman–Crippen MR) is 77.6 cm³/mol. The number of aromatic nitrogens is 1. The van der Waals surface area contributed by atoms with E-state index in [1.54, 1.807) is 6.20 Å². The van der Waals surface area contributed by atoms with Crippen LogP contribution in [-0.2, 0) is 4.79 Å². The van der Waals surface area contributed by atoms with Gasteiger partial charge in [-0.2, -0.15) is 0 Å². The number of hydrogen-bond acceptors (Lipinski definition) is 2. The Morgan fingerprint density at radius 2 is 2.15 bits per heavy atom. The minimum absolute atomic E-state index is 0.179. The Kier molecular flexibility index (Phi) is 3.05. The number of aromatic amines is 1. The van der Waals surface area contributed by atoms with Crippen molar-refractivity contribution in [3.63, 3.8) is 0 Å². The van der Waals surface area contributed by atoms with E-state index in [0.29, 0.717) is 18.4 Å². The van der Waals surface area contributed by atoms with Crippen molar-refractivity contribution < 1.29 is 14.7 Å². The van der Waals surface area contributed by atoms with E-state index in [-0.39, 0.29) is 12.5 Å². The average Bonchev–Trinajstić information content (AvgIpc) is 3.09. The molecule has 0 saturated heterocycles. The first kappa shape index (κ1) is 13.2. The van der Waals surface area contributed by atoms with Crippen molar-refractivity contribution >= 4 is 38.7 Å². The summed E-state index contributed by atoms with van der Waals surface area (Å²) in [6.45, 7) is 0.179. The predicted octanol–water partition coefficient (Wildman–Crippen LogP) is 2.52. The average molecular weight is 337 g/mol. The highest BCUT2D eigenvalue weighted by Crippen LogP contribution is 2.45. The highest BCUT2D eigenvalue weighted by atomic mass is 79.9. The van der Waals surface area contributed by atoms with Crippen LogP contribution in [0.4, 0.5) is 0 Å². The van der Waals surface area contributed by atoms with Crippen molar-refractivity contribution in [3.05, 3.63) is 34.4 Å². The molecule has 0 radical (unpaired) electrons. The molecule has 1 aromatic heterocycles. The molecule has 0 spiro atoms. The molecular formula is C14H13BrN2O3. The van der Waals surface area contributed by atoms with E-state index in [0.717, 1.165) is 15.4 Å². The van der Waals surface area contributed by atoms with Gasteiger partial charge in [-0.15, -0.1) is 0 Å². The van der Waals surface area contributed by atoms with Crippen LogP contribution in [0.2, 0.25) is 0 Å². The number of H-pyrrole nitrogens is 1. The summed E-state index contributed by atoms with van der Waals surface area (Å²) in [7, 11) is 0. The zero-order chi connectivity index (χ0) is 14.3. The normalized spacial score (nSPS) is 16.1. The third kappa shape index (κ3) is 2.10. The Balaban J connectivity index is 1.81. The molecule has 6 heteroatoms. The van der Waals surface area contributed by atoms with Crippen LogP contribution in [-0.4, -0.2) is 28.5 Å². The lowest BCUT2D eigenvalue weighted by Gasteiger charge is -2.10. The van der Waals surface area contributed by atoms with Gasteiger partial charge in [0.2, 0.25) is 0 Å². The Morgan fingerprint density at radius 3 is 2.80 bits per heavy atom. The monoisotopic (exact) mass is 336 g/mol. The third-order valence-corrected chi connectivity index (χ3v) is 4.45. The molecule has 104 valence electrons. The lowest BCUT2D eigenvalue weighted by atomic mass is 10.1. The van der Waals surface area contributed by atoms with Gasteiger partial charge in [-0.05, 0) is 25.0 Å². The van der Waals surface area contributed by atoms with Crippen LogP contribution in [0.5, 0.6) is 0 Å². The highest BCUT2D eigenvalue weighted by molar-refractivity contribution is 9.10. The second-order valence-electron chi connectivity index (χ2n) is 5.13. The number of fused-ring (bicyclic) bond motifs is 1. The number of carboxylic acid groups (broad SMARTS) is 1. The van der Waals surface area contributed by atoms with E-state index in [1.807, 2.05) is 18.2 Å². The Morgan fingerprint density at radius 1 is 1.40 bits per heavy atom. The molecule has 1 aliphatic rings. The summed E-state index contributed by atoms with van der Waals surface area (Å²) in [5, 5.41) is 12.6. The van der Waals surface area contributed by atoms with Crippen molar-refractivity contribution in [3.8, 4) is 0 Å². The van der Waals surface area contributed by atoms with E-state index in [2.05, 4.69) is 26.2 Å². The molecule has 5 nitrogen and oxygen atoms in total. The number of amides is 1. The Labute approximate surface area is 123 Å². The summed E-state index contributed by atoms with van der Waals surface area (Å²) >= 11 is 3.43. The van der Waals surface area contributed by atoms with Crippen molar-refractivity contribution in [2.45, 2.75) is 12.8 Å². The standard InChI is InChI=1S/C14H13BrN2O3/c15-9-2-1-3-10-11(9)8(6-16-10)12(18)17-7-14(4-5-14)13(19)20/h1-3,6,16H,4-5,7H2,(H,17,18)(H,19,20). The van der Waals surface area contributed by atoms with Gasteiger partial charge in [0.25, 0.3) is 5.91 Å². The van der Waals surface area contributed by atoms with Gasteiger partial charge in [0.1, 0.15) is 0 Å². The number of nitrogens with one attached hydrogen (secondary N) is 2. The van der Waals surface area contributed by atoms with Crippen molar-refractivity contribution in [1.29, 1.82) is 0 Å². The number of carboxylic acids is 1. The van der Waals surface area contributed by atoms with Crippen LogP contribution in [0, 0.1) is 5.41 Å². The largest absolute Gasteiger partial charge is 0.481 e. The number of hydrogen-bond donors (Lipinski definition) is 3. The second kappa shape index (κ2) is 4.63. The summed E-state index contributed by atoms with van der Waals surface area (Å²) in [5.74, 6) is -1.09. The minimum atomic E-state index is -0.835. The molecule has 3 N–H and O–H groups in total. The minimum Gasteiger partial charge on any atom is -0.481 e. The smallest absolute Gasteiger partial charge is 0.311 e. The zero-order valence-electron chi connectivity index (χ0n) is 10.6. The quantitative estimate of drug-likeness (QED) is 0.802. The number of benzene rings is 1. The first-order valence-electron chi connectivity index (χ1n) is 6.31. The molecule has 0 bridgehead atoms. The van der Waals surface area contributed by atoms with Gasteiger partial charge < -0.3 is 15.4 Å². The molecule has 1 heterocycles. The lowest BCUT2D eigenvalue weighted by Crippen LogP contribution is -2.34. The SMILES string of the molecule is O=C(NCC1(C(=O)O)CC1)c1c[nH]c2cccc(Br)c12. The van der Waals surface area contributed by atoms with E-state index in [9.17, 15) is 9.59 Å². The van der Waals surface area contributed by atoms with Gasteiger partial charge >= 0.3 is 5.97 Å². The van der Waals surface area contributed by atoms with Crippen LogP contribution < -0.4 is 5.32 Å². The van der Waals surface area contributed by atoms with Gasteiger partial charge in [0, 0.05) is 28.1 Å². The number of halogens is 1. The Hall–Kier alpha value is -1.82. The number of carbonyl (C=O) groups excluding carboxylic acids is 1. The van der Waals surface area contributed by atoms with Crippen LogP contribution >= 0.6 is 15.9 Å². The van der Waals surface area contributed by atoms with Gasteiger partial charge in [0.15, 0.2) is 0 Å². The lowest BCUT2D eigenvalue weighted by molar-refractivity contribution is -0.143. The summed E-state index contributed by atoms with van der Waals surface area (Å²) in [4.78, 5) is 26.3. The fourth-order valence-electron chi connectivity index (χ4n) is 2.28. The van der Waals surface area contributed by atoms with E-state index >= 15 is 0 Å². The maximum atomic E-state index is 12.2. The maximum Gasteiger partial charge on any atom is 0.311 e. The maximum absolute atomic E-state index is 12.2. The summed E-state index contributed by atoms with van der Waals surface area (Å²) in [6.07, 6.45) is 2.89. The molecular weight excluding hydrogens is 324 g/mol. The van der Waals surface area contributed by atoms with Gasteiger partial charge in [-0.1, -0.05) is 22.0 Å². The van der Waals surface area contributed by atoms with E-state index < -0.39 is 11.4 Å². The third-order valence-electron chi connectivity index (χ3n) is 3.79. The van der Waals surface area contributed by atoms with Crippen molar-refractivity contribution in [2.75, 3.05) is 6.54 Å². The van der Waals surface area contributed by atoms with Gasteiger partial charge in [-0.3, -0.25) is 9.59 Å². The fourth-order valence-corrected chi connectivity index (χ4v) is 2.86. The molecule has 0 atom stereocenters. The van der Waals surface area contributed by atoms with Crippen molar-refractivity contribution in [2.24, 2.45) is 5.41 Å². The molecule has 0 unspecified atom stereocenters. The fraction of sp³-hybridized carbons (Fsp3) is 0.286. The van der Waals surface area contributed by atoms with Gasteiger partial charge in [0.05, 0.1) is 11.0 Å². The van der Waals surface area contributed by atoms with Crippen LogP contribution in [0.1, 0.15) is 23.2 Å². The molecule has 1 fully saturated rings. The van der Waals surface area contributed by atoms with E-state index in [1.165, 1.54) is 0 Å². The Bertz CT molecular complexity index is 704. The van der Waals surface area contributed by atoms with Crippen molar-refractivity contribution in [1.82, 2.24) is 10.3 Å². The molecule has 3 rings (SSSR count). The molecule has 1 amide bonds. The zero-order valence-corrected chi connectivity index (χ0v) is 12.2. The number of rotatable bonds is 4. The van der Waals surface area contributed by atoms with Crippen LogP contribution in [0.15, 0.2) is 28.9 Å². The summed E-state index contributed by atoms with van der Waals surface area (Å²) in [6, 6.07) is 5.64. The van der Waals surface area contributed by atoms with Gasteiger partial charge in [-0.25, -0.2) is 0 Å². The van der Waals surface area contributed by atoms with E-state index in [4.69, 9.17) is 5.11 Å². The van der Waals surface area contributed by atoms with Crippen LogP contribution in [0.3, 0.4) is 0 Å². The summed E-state index contributed by atoms with van der Waals surface area (Å²) < 4.78 is 0.834. The first-order chi connectivity index (χ1) is 9.53. The topological polar surface area (TPSA) is 82.2 Å². The number of carbonyl (C=O) groups is 2.